The van der Waals surface area contributed by atoms with Gasteiger partial charge in [-0.15, -0.1) is 0 Å². The van der Waals surface area contributed by atoms with Crippen molar-refractivity contribution in [2.45, 2.75) is 12.6 Å². The van der Waals surface area contributed by atoms with Gasteiger partial charge >= 0.3 is 5.97 Å². The molecule has 1 heterocycles. The summed E-state index contributed by atoms with van der Waals surface area (Å²) in [6.07, 6.45) is 1.71. The Morgan fingerprint density at radius 1 is 1.08 bits per heavy atom. The van der Waals surface area contributed by atoms with Crippen LogP contribution >= 0.6 is 55.8 Å². The summed E-state index contributed by atoms with van der Waals surface area (Å²) in [4.78, 5) is 27.8. The van der Waals surface area contributed by atoms with E-state index in [9.17, 15) is 9.59 Å². The van der Waals surface area contributed by atoms with Gasteiger partial charge in [0.25, 0.3) is 5.91 Å². The van der Waals surface area contributed by atoms with Gasteiger partial charge in [-0.1, -0.05) is 82.4 Å². The van der Waals surface area contributed by atoms with Gasteiger partial charge in [0.2, 0.25) is 0 Å². The molecule has 1 atom stereocenters. The first-order valence-electron chi connectivity index (χ1n) is 11.0. The maximum atomic E-state index is 13.4. The molecule has 0 N–H and O–H groups in total. The van der Waals surface area contributed by atoms with Crippen molar-refractivity contribution in [3.63, 3.8) is 0 Å². The largest absolute Gasteiger partial charge is 0.493 e. The van der Waals surface area contributed by atoms with E-state index in [1.54, 1.807) is 43.5 Å². The molecule has 37 heavy (non-hydrogen) atoms. The molecule has 190 valence electrons. The maximum Gasteiger partial charge on any atom is 0.333 e. The van der Waals surface area contributed by atoms with Crippen LogP contribution in [0.25, 0.3) is 6.08 Å². The number of hydrogen-bond acceptors (Lipinski definition) is 7. The Bertz CT molecular complexity index is 1380. The predicted molar refractivity (Wildman–Crippen MR) is 155 cm³/mol. The quantitative estimate of drug-likeness (QED) is 0.147. The standard InChI is InChI=1S/C27H21Br2NO5S2/c1-33-21-13-17(12-20(29)24(21)35-15-16-7-6-10-19(28)11-16)14-22-25(31)30(27(36)37-22)23(26(32)34-2)18-8-4-3-5-9-18/h3-14,23H,15H2,1-2H3/b22-14+. The molecule has 1 amide bonds. The second-order valence-electron chi connectivity index (χ2n) is 7.84. The van der Waals surface area contributed by atoms with Crippen molar-refractivity contribution in [3.05, 3.63) is 97.3 Å². The van der Waals surface area contributed by atoms with Gasteiger partial charge in [-0.05, 0) is 63.0 Å². The van der Waals surface area contributed by atoms with Gasteiger partial charge in [0.05, 0.1) is 23.6 Å². The first-order chi connectivity index (χ1) is 17.8. The van der Waals surface area contributed by atoms with Gasteiger partial charge in [0, 0.05) is 4.47 Å². The molecule has 0 radical (unpaired) electrons. The number of thioether (sulfide) groups is 1. The lowest BCUT2D eigenvalue weighted by Crippen LogP contribution is -2.37. The van der Waals surface area contributed by atoms with Crippen LogP contribution in [0, 0.1) is 0 Å². The smallest absolute Gasteiger partial charge is 0.333 e. The van der Waals surface area contributed by atoms with Crippen LogP contribution in [0.1, 0.15) is 22.7 Å². The molecule has 0 spiro atoms. The number of halogens is 2. The van der Waals surface area contributed by atoms with E-state index in [0.29, 0.717) is 38.6 Å². The van der Waals surface area contributed by atoms with Crippen LogP contribution in [0.5, 0.6) is 11.5 Å². The Kier molecular flexibility index (Phi) is 9.07. The molecule has 1 fully saturated rings. The molecule has 0 aliphatic carbocycles. The highest BCUT2D eigenvalue weighted by Crippen LogP contribution is 2.41. The Labute approximate surface area is 241 Å². The van der Waals surface area contributed by atoms with Crippen LogP contribution in [0.3, 0.4) is 0 Å². The third kappa shape index (κ3) is 6.26. The molecule has 1 unspecified atom stereocenters. The summed E-state index contributed by atoms with van der Waals surface area (Å²) < 4.78 is 18.5. The molecular weight excluding hydrogens is 642 g/mol. The lowest BCUT2D eigenvalue weighted by molar-refractivity contribution is -0.148. The molecule has 1 aliphatic rings. The highest BCUT2D eigenvalue weighted by atomic mass is 79.9. The van der Waals surface area contributed by atoms with Crippen LogP contribution in [0.4, 0.5) is 0 Å². The van der Waals surface area contributed by atoms with Gasteiger partial charge in [-0.3, -0.25) is 9.69 Å². The zero-order valence-corrected chi connectivity index (χ0v) is 24.6. The summed E-state index contributed by atoms with van der Waals surface area (Å²) >= 11 is 13.7. The summed E-state index contributed by atoms with van der Waals surface area (Å²) in [7, 11) is 2.84. The number of nitrogens with zero attached hydrogens (tertiary/aromatic N) is 1. The second kappa shape index (κ2) is 12.3. The first-order valence-corrected chi connectivity index (χ1v) is 13.8. The minimum atomic E-state index is -0.973. The van der Waals surface area contributed by atoms with Crippen molar-refractivity contribution in [1.29, 1.82) is 0 Å². The Balaban J connectivity index is 1.61. The van der Waals surface area contributed by atoms with Crippen molar-refractivity contribution in [2.75, 3.05) is 14.2 Å². The molecule has 4 rings (SSSR count). The number of methoxy groups -OCH3 is 2. The van der Waals surface area contributed by atoms with Crippen molar-refractivity contribution < 1.29 is 23.8 Å². The molecule has 6 nitrogen and oxygen atoms in total. The van der Waals surface area contributed by atoms with E-state index < -0.39 is 12.0 Å². The zero-order chi connectivity index (χ0) is 26.5. The fourth-order valence-electron chi connectivity index (χ4n) is 3.74. The first kappa shape index (κ1) is 27.4. The molecule has 3 aromatic carbocycles. The number of ether oxygens (including phenoxy) is 3. The lowest BCUT2D eigenvalue weighted by atomic mass is 10.1. The molecule has 0 aromatic heterocycles. The van der Waals surface area contributed by atoms with Crippen LogP contribution in [-0.4, -0.2) is 35.3 Å². The highest BCUT2D eigenvalue weighted by Gasteiger charge is 2.41. The van der Waals surface area contributed by atoms with Crippen molar-refractivity contribution >= 4 is 78.1 Å². The molecule has 10 heteroatoms. The summed E-state index contributed by atoms with van der Waals surface area (Å²) in [5.41, 5.74) is 2.31. The van der Waals surface area contributed by atoms with E-state index in [0.717, 1.165) is 21.8 Å². The lowest BCUT2D eigenvalue weighted by Gasteiger charge is -2.24. The summed E-state index contributed by atoms with van der Waals surface area (Å²) in [6.45, 7) is 0.348. The number of carbonyl (C=O) groups is 2. The van der Waals surface area contributed by atoms with Gasteiger partial charge in [0.1, 0.15) is 10.9 Å². The van der Waals surface area contributed by atoms with Gasteiger partial charge in [-0.2, -0.15) is 0 Å². The number of rotatable bonds is 8. The van der Waals surface area contributed by atoms with E-state index in [1.807, 2.05) is 36.4 Å². The monoisotopic (exact) mass is 661 g/mol. The number of amides is 1. The Morgan fingerprint density at radius 2 is 1.84 bits per heavy atom. The zero-order valence-electron chi connectivity index (χ0n) is 19.8. The molecular formula is C27H21Br2NO5S2. The summed E-state index contributed by atoms with van der Waals surface area (Å²) in [6, 6.07) is 19.4. The highest BCUT2D eigenvalue weighted by molar-refractivity contribution is 9.10. The number of thiocarbonyl (C=S) groups is 1. The third-order valence-corrected chi connectivity index (χ3v) is 7.86. The van der Waals surface area contributed by atoms with Crippen molar-refractivity contribution in [2.24, 2.45) is 0 Å². The average Bonchev–Trinajstić information content (AvgIpc) is 3.16. The number of benzene rings is 3. The van der Waals surface area contributed by atoms with Gasteiger partial charge in [0.15, 0.2) is 17.5 Å². The minimum Gasteiger partial charge on any atom is -0.493 e. The molecule has 0 bridgehead atoms. The van der Waals surface area contributed by atoms with Gasteiger partial charge < -0.3 is 14.2 Å². The fraction of sp³-hybridized carbons (Fsp3) is 0.148. The van der Waals surface area contributed by atoms with Crippen LogP contribution in [0.2, 0.25) is 0 Å². The fourth-order valence-corrected chi connectivity index (χ4v) is 6.07. The van der Waals surface area contributed by atoms with E-state index >= 15 is 0 Å². The minimum absolute atomic E-state index is 0.274. The van der Waals surface area contributed by atoms with Crippen LogP contribution in [0.15, 0.2) is 80.6 Å². The third-order valence-electron chi connectivity index (χ3n) is 5.44. The van der Waals surface area contributed by atoms with E-state index in [1.165, 1.54) is 12.0 Å². The van der Waals surface area contributed by atoms with Crippen molar-refractivity contribution in [1.82, 2.24) is 4.90 Å². The molecule has 0 saturated carbocycles. The Hall–Kier alpha value is -2.66. The summed E-state index contributed by atoms with van der Waals surface area (Å²) in [5.74, 6) is 0.101. The van der Waals surface area contributed by atoms with E-state index in [2.05, 4.69) is 31.9 Å². The second-order valence-corrected chi connectivity index (χ2v) is 11.3. The molecule has 1 saturated heterocycles. The number of esters is 1. The predicted octanol–water partition coefficient (Wildman–Crippen LogP) is 6.91. The number of hydrogen-bond donors (Lipinski definition) is 0. The molecule has 1 aliphatic heterocycles. The Morgan fingerprint density at radius 3 is 2.51 bits per heavy atom. The summed E-state index contributed by atoms with van der Waals surface area (Å²) in [5, 5.41) is 0. The molecule has 3 aromatic rings. The van der Waals surface area contributed by atoms with Crippen molar-refractivity contribution in [3.8, 4) is 11.5 Å². The average molecular weight is 663 g/mol. The van der Waals surface area contributed by atoms with Gasteiger partial charge in [-0.25, -0.2) is 4.79 Å². The van der Waals surface area contributed by atoms with Crippen LogP contribution < -0.4 is 9.47 Å². The normalized spacial score (nSPS) is 15.1. The van der Waals surface area contributed by atoms with Crippen LogP contribution in [-0.2, 0) is 20.9 Å². The number of carbonyl (C=O) groups excluding carboxylic acids is 2. The van der Waals surface area contributed by atoms with E-state index in [-0.39, 0.29) is 10.2 Å². The SMILES string of the molecule is COC(=O)C(c1ccccc1)N1C(=O)/C(=C\c2cc(Br)c(OCc3cccc(Br)c3)c(OC)c2)SC1=S. The topological polar surface area (TPSA) is 65.1 Å². The van der Waals surface area contributed by atoms with E-state index in [4.69, 9.17) is 26.4 Å². The maximum absolute atomic E-state index is 13.4.